The number of anilines is 1. The minimum atomic E-state index is 0.430. The van der Waals surface area contributed by atoms with E-state index in [2.05, 4.69) is 54.9 Å². The van der Waals surface area contributed by atoms with Gasteiger partial charge in [0.25, 0.3) is 0 Å². The minimum Gasteiger partial charge on any atom is -0.346 e. The zero-order chi connectivity index (χ0) is 17.8. The number of rotatable bonds is 6. The van der Waals surface area contributed by atoms with Crippen LogP contribution in [0, 0.1) is 0 Å². The first-order valence-corrected chi connectivity index (χ1v) is 10.1. The van der Waals surface area contributed by atoms with Crippen molar-refractivity contribution in [1.82, 2.24) is 24.7 Å². The van der Waals surface area contributed by atoms with Crippen molar-refractivity contribution in [3.8, 4) is 0 Å². The normalized spacial score (nSPS) is 17.6. The van der Waals surface area contributed by atoms with E-state index < -0.39 is 0 Å². The van der Waals surface area contributed by atoms with Crippen LogP contribution in [0.2, 0.25) is 0 Å². The number of aromatic nitrogens is 5. The van der Waals surface area contributed by atoms with E-state index in [9.17, 15) is 0 Å². The molecule has 3 aromatic rings. The summed E-state index contributed by atoms with van der Waals surface area (Å²) in [6, 6.07) is 4.13. The predicted octanol–water partition coefficient (Wildman–Crippen LogP) is 3.51. The summed E-state index contributed by atoms with van der Waals surface area (Å²) in [5, 5.41) is 11.0. The average molecular weight is 369 g/mol. The maximum absolute atomic E-state index is 4.69. The van der Waals surface area contributed by atoms with E-state index in [0.717, 1.165) is 49.0 Å². The summed E-state index contributed by atoms with van der Waals surface area (Å²) < 4.78 is 2.27. The number of imidazole rings is 1. The van der Waals surface area contributed by atoms with E-state index in [1.807, 2.05) is 18.6 Å². The molecule has 136 valence electrons. The molecule has 0 radical (unpaired) electrons. The molecule has 7 heteroatoms. The Morgan fingerprint density at radius 2 is 2.08 bits per heavy atom. The number of hydrogen-bond donors (Lipinski definition) is 0. The zero-order valence-corrected chi connectivity index (χ0v) is 15.9. The SMILES string of the molecule is CCCc1nnc(N2CCC[C@@H](c3nccn3Cc3ccncc3)C2)s1. The third-order valence-corrected chi connectivity index (χ3v) is 5.87. The lowest BCUT2D eigenvalue weighted by Crippen LogP contribution is -2.35. The maximum atomic E-state index is 4.69. The molecule has 1 aliphatic heterocycles. The third kappa shape index (κ3) is 3.77. The van der Waals surface area contributed by atoms with Gasteiger partial charge in [0.15, 0.2) is 0 Å². The number of pyridine rings is 1. The maximum Gasteiger partial charge on any atom is 0.208 e. The van der Waals surface area contributed by atoms with E-state index in [0.29, 0.717) is 5.92 Å². The Labute approximate surface area is 157 Å². The molecule has 3 aromatic heterocycles. The summed E-state index contributed by atoms with van der Waals surface area (Å²) in [6.45, 7) is 5.05. The topological polar surface area (TPSA) is 59.7 Å². The summed E-state index contributed by atoms with van der Waals surface area (Å²) >= 11 is 1.74. The highest BCUT2D eigenvalue weighted by Crippen LogP contribution is 2.31. The molecule has 0 bridgehead atoms. The highest BCUT2D eigenvalue weighted by atomic mass is 32.1. The summed E-state index contributed by atoms with van der Waals surface area (Å²) in [5.74, 6) is 1.60. The summed E-state index contributed by atoms with van der Waals surface area (Å²) in [6.07, 6.45) is 12.2. The number of aryl methyl sites for hydroxylation is 1. The molecule has 1 fully saturated rings. The first-order chi connectivity index (χ1) is 12.8. The predicted molar refractivity (Wildman–Crippen MR) is 104 cm³/mol. The Hall–Kier alpha value is -2.28. The van der Waals surface area contributed by atoms with Gasteiger partial charge in [-0.3, -0.25) is 4.98 Å². The molecule has 0 unspecified atom stereocenters. The minimum absolute atomic E-state index is 0.430. The van der Waals surface area contributed by atoms with Gasteiger partial charge in [-0.05, 0) is 37.0 Å². The monoisotopic (exact) mass is 368 g/mol. The third-order valence-electron chi connectivity index (χ3n) is 4.83. The van der Waals surface area contributed by atoms with Crippen molar-refractivity contribution in [2.24, 2.45) is 0 Å². The van der Waals surface area contributed by atoms with Crippen molar-refractivity contribution in [3.05, 3.63) is 53.3 Å². The quantitative estimate of drug-likeness (QED) is 0.666. The Bertz CT molecular complexity index is 827. The van der Waals surface area contributed by atoms with Gasteiger partial charge in [0.05, 0.1) is 0 Å². The van der Waals surface area contributed by atoms with Crippen LogP contribution < -0.4 is 4.90 Å². The van der Waals surface area contributed by atoms with Crippen LogP contribution in [0.5, 0.6) is 0 Å². The van der Waals surface area contributed by atoms with Crippen molar-refractivity contribution in [1.29, 1.82) is 0 Å². The van der Waals surface area contributed by atoms with Crippen LogP contribution in [0.1, 0.15) is 48.5 Å². The lowest BCUT2D eigenvalue weighted by Gasteiger charge is -2.32. The van der Waals surface area contributed by atoms with Gasteiger partial charge in [-0.25, -0.2) is 4.98 Å². The van der Waals surface area contributed by atoms with Crippen LogP contribution in [0.15, 0.2) is 36.9 Å². The second-order valence-electron chi connectivity index (χ2n) is 6.78. The van der Waals surface area contributed by atoms with Gasteiger partial charge in [0.1, 0.15) is 10.8 Å². The number of piperidine rings is 1. The molecule has 0 amide bonds. The van der Waals surface area contributed by atoms with E-state index >= 15 is 0 Å². The second-order valence-corrected chi connectivity index (χ2v) is 7.82. The fourth-order valence-corrected chi connectivity index (χ4v) is 4.52. The van der Waals surface area contributed by atoms with Crippen molar-refractivity contribution >= 4 is 16.5 Å². The number of nitrogens with zero attached hydrogens (tertiary/aromatic N) is 6. The Morgan fingerprint density at radius 3 is 2.92 bits per heavy atom. The van der Waals surface area contributed by atoms with Gasteiger partial charge in [-0.15, -0.1) is 10.2 Å². The Balaban J connectivity index is 1.49. The van der Waals surface area contributed by atoms with E-state index in [1.165, 1.54) is 17.8 Å². The first kappa shape index (κ1) is 17.1. The highest BCUT2D eigenvalue weighted by molar-refractivity contribution is 7.15. The van der Waals surface area contributed by atoms with Crippen LogP contribution in [0.3, 0.4) is 0 Å². The fourth-order valence-electron chi connectivity index (χ4n) is 3.55. The lowest BCUT2D eigenvalue weighted by molar-refractivity contribution is 0.475. The summed E-state index contributed by atoms with van der Waals surface area (Å²) in [4.78, 5) is 11.2. The standard InChI is InChI=1S/C19H24N6S/c1-2-4-17-22-23-19(26-17)25-11-3-5-16(14-25)18-21-10-12-24(18)13-15-6-8-20-9-7-15/h6-10,12,16H,2-5,11,13-14H2,1H3/t16-/m1/s1. The van der Waals surface area contributed by atoms with Gasteiger partial charge in [-0.1, -0.05) is 18.3 Å². The van der Waals surface area contributed by atoms with Gasteiger partial charge in [0.2, 0.25) is 5.13 Å². The number of hydrogen-bond acceptors (Lipinski definition) is 6. The van der Waals surface area contributed by atoms with Crippen molar-refractivity contribution in [2.45, 2.75) is 45.1 Å². The molecule has 6 nitrogen and oxygen atoms in total. The van der Waals surface area contributed by atoms with E-state index in [-0.39, 0.29) is 0 Å². The van der Waals surface area contributed by atoms with Crippen molar-refractivity contribution < 1.29 is 0 Å². The molecule has 4 heterocycles. The van der Waals surface area contributed by atoms with Crippen LogP contribution >= 0.6 is 11.3 Å². The molecular formula is C19H24N6S. The van der Waals surface area contributed by atoms with E-state index in [4.69, 9.17) is 0 Å². The highest BCUT2D eigenvalue weighted by Gasteiger charge is 2.26. The Morgan fingerprint density at radius 1 is 1.19 bits per heavy atom. The molecule has 1 saturated heterocycles. The molecule has 0 aromatic carbocycles. The summed E-state index contributed by atoms with van der Waals surface area (Å²) in [5.41, 5.74) is 1.25. The molecule has 0 saturated carbocycles. The summed E-state index contributed by atoms with van der Waals surface area (Å²) in [7, 11) is 0. The lowest BCUT2D eigenvalue weighted by atomic mass is 9.97. The Kier molecular flexibility index (Phi) is 5.24. The van der Waals surface area contributed by atoms with Gasteiger partial charge < -0.3 is 9.47 Å². The van der Waals surface area contributed by atoms with Crippen LogP contribution in [-0.2, 0) is 13.0 Å². The van der Waals surface area contributed by atoms with Crippen molar-refractivity contribution in [3.63, 3.8) is 0 Å². The zero-order valence-electron chi connectivity index (χ0n) is 15.1. The first-order valence-electron chi connectivity index (χ1n) is 9.30. The molecule has 0 N–H and O–H groups in total. The molecule has 0 aliphatic carbocycles. The van der Waals surface area contributed by atoms with Crippen LogP contribution in [0.4, 0.5) is 5.13 Å². The molecular weight excluding hydrogens is 344 g/mol. The van der Waals surface area contributed by atoms with Gasteiger partial charge >= 0.3 is 0 Å². The van der Waals surface area contributed by atoms with Gasteiger partial charge in [0, 0.05) is 56.8 Å². The van der Waals surface area contributed by atoms with E-state index in [1.54, 1.807) is 11.3 Å². The molecule has 26 heavy (non-hydrogen) atoms. The molecule has 1 aliphatic rings. The molecule has 0 spiro atoms. The van der Waals surface area contributed by atoms with Gasteiger partial charge in [-0.2, -0.15) is 0 Å². The second kappa shape index (κ2) is 7.95. The molecule has 1 atom stereocenters. The fraction of sp³-hybridized carbons (Fsp3) is 0.474. The largest absolute Gasteiger partial charge is 0.346 e. The van der Waals surface area contributed by atoms with Crippen molar-refractivity contribution in [2.75, 3.05) is 18.0 Å². The molecule has 4 rings (SSSR count). The van der Waals surface area contributed by atoms with Crippen LogP contribution in [0.25, 0.3) is 0 Å². The smallest absolute Gasteiger partial charge is 0.208 e. The van der Waals surface area contributed by atoms with Crippen LogP contribution in [-0.4, -0.2) is 37.8 Å². The average Bonchev–Trinajstić information content (AvgIpc) is 3.33.